The van der Waals surface area contributed by atoms with E-state index in [1.54, 1.807) is 0 Å². The average Bonchev–Trinajstić information content (AvgIpc) is 3.00. The molecule has 0 aliphatic heterocycles. The number of nitrogens with zero attached hydrogens (tertiary/aromatic N) is 1. The van der Waals surface area contributed by atoms with Gasteiger partial charge < -0.3 is 10.6 Å². The lowest BCUT2D eigenvalue weighted by Crippen LogP contribution is -2.30. The fourth-order valence-electron chi connectivity index (χ4n) is 4.11. The van der Waals surface area contributed by atoms with Crippen LogP contribution in [0.25, 0.3) is 0 Å². The Balaban J connectivity index is 1.77. The van der Waals surface area contributed by atoms with Gasteiger partial charge in [-0.25, -0.2) is 0 Å². The van der Waals surface area contributed by atoms with E-state index < -0.39 is 0 Å². The minimum absolute atomic E-state index is 0.140. The topological polar surface area (TPSA) is 53.1 Å². The molecular weight excluding hydrogens is 314 g/mol. The zero-order chi connectivity index (χ0) is 14.3. The molecule has 0 spiro atoms. The molecule has 3 rings (SSSR count). The van der Waals surface area contributed by atoms with E-state index in [4.69, 9.17) is 11.1 Å². The minimum Gasteiger partial charge on any atom is -0.384 e. The van der Waals surface area contributed by atoms with E-state index in [1.165, 1.54) is 25.7 Å². The summed E-state index contributed by atoms with van der Waals surface area (Å²) >= 11 is 3.46. The maximum atomic E-state index is 7.76. The SMILES string of the molecule is CN(CC1CC2CCC1C2)c1ccc(Br)cc1C(=N)N. The first-order chi connectivity index (χ1) is 9.54. The summed E-state index contributed by atoms with van der Waals surface area (Å²) in [6.45, 7) is 1.09. The monoisotopic (exact) mass is 335 g/mol. The quantitative estimate of drug-likeness (QED) is 0.652. The Hall–Kier alpha value is -1.03. The average molecular weight is 336 g/mol. The van der Waals surface area contributed by atoms with Crippen molar-refractivity contribution in [3.63, 3.8) is 0 Å². The van der Waals surface area contributed by atoms with Gasteiger partial charge in [0.15, 0.2) is 0 Å². The van der Waals surface area contributed by atoms with Crippen LogP contribution in [-0.2, 0) is 0 Å². The summed E-state index contributed by atoms with van der Waals surface area (Å²) in [5.74, 6) is 2.87. The van der Waals surface area contributed by atoms with Crippen LogP contribution in [0.15, 0.2) is 22.7 Å². The van der Waals surface area contributed by atoms with Crippen molar-refractivity contribution in [2.24, 2.45) is 23.5 Å². The van der Waals surface area contributed by atoms with Gasteiger partial charge in [-0.2, -0.15) is 0 Å². The summed E-state index contributed by atoms with van der Waals surface area (Å²) in [5, 5.41) is 7.76. The van der Waals surface area contributed by atoms with Crippen LogP contribution in [0.4, 0.5) is 5.69 Å². The van der Waals surface area contributed by atoms with Crippen molar-refractivity contribution in [1.82, 2.24) is 0 Å². The maximum Gasteiger partial charge on any atom is 0.124 e. The summed E-state index contributed by atoms with van der Waals surface area (Å²) in [4.78, 5) is 2.29. The number of amidine groups is 1. The molecule has 108 valence electrons. The van der Waals surface area contributed by atoms with Crippen molar-refractivity contribution in [3.8, 4) is 0 Å². The number of nitrogens with two attached hydrogens (primary N) is 1. The number of nitrogen functional groups attached to an aromatic ring is 1. The van der Waals surface area contributed by atoms with Crippen molar-refractivity contribution in [2.75, 3.05) is 18.5 Å². The van der Waals surface area contributed by atoms with Gasteiger partial charge in [-0.1, -0.05) is 22.4 Å². The molecule has 20 heavy (non-hydrogen) atoms. The molecule has 2 aliphatic carbocycles. The highest BCUT2D eigenvalue weighted by Gasteiger charge is 2.39. The van der Waals surface area contributed by atoms with Crippen LogP contribution in [0.1, 0.15) is 31.2 Å². The van der Waals surface area contributed by atoms with Crippen LogP contribution in [0, 0.1) is 23.2 Å². The molecule has 2 saturated carbocycles. The third kappa shape index (κ3) is 2.58. The van der Waals surface area contributed by atoms with Gasteiger partial charge in [-0.3, -0.25) is 5.41 Å². The molecule has 1 aromatic rings. The van der Waals surface area contributed by atoms with E-state index in [0.717, 1.165) is 40.0 Å². The largest absolute Gasteiger partial charge is 0.384 e. The Morgan fingerprint density at radius 1 is 1.40 bits per heavy atom. The van der Waals surface area contributed by atoms with E-state index in [2.05, 4.69) is 33.9 Å². The zero-order valence-electron chi connectivity index (χ0n) is 11.9. The predicted molar refractivity (Wildman–Crippen MR) is 87.4 cm³/mol. The van der Waals surface area contributed by atoms with Crippen LogP contribution < -0.4 is 10.6 Å². The van der Waals surface area contributed by atoms with E-state index >= 15 is 0 Å². The van der Waals surface area contributed by atoms with Gasteiger partial charge in [-0.15, -0.1) is 0 Å². The summed E-state index contributed by atoms with van der Waals surface area (Å²) < 4.78 is 0.972. The highest BCUT2D eigenvalue weighted by atomic mass is 79.9. The second kappa shape index (κ2) is 5.40. The fourth-order valence-corrected chi connectivity index (χ4v) is 4.47. The molecule has 3 unspecified atom stereocenters. The molecule has 3 N–H and O–H groups in total. The number of fused-ring (bicyclic) bond motifs is 2. The Labute approximate surface area is 129 Å². The predicted octanol–water partition coefficient (Wildman–Crippen LogP) is 3.61. The zero-order valence-corrected chi connectivity index (χ0v) is 13.5. The van der Waals surface area contributed by atoms with Crippen molar-refractivity contribution in [1.29, 1.82) is 5.41 Å². The summed E-state index contributed by atoms with van der Waals surface area (Å²) in [7, 11) is 2.13. The molecule has 2 aliphatic rings. The highest BCUT2D eigenvalue weighted by Crippen LogP contribution is 2.48. The summed E-state index contributed by atoms with van der Waals surface area (Å²) in [5.41, 5.74) is 7.62. The third-order valence-electron chi connectivity index (χ3n) is 5.05. The smallest absolute Gasteiger partial charge is 0.124 e. The second-order valence-corrected chi connectivity index (χ2v) is 7.31. The third-order valence-corrected chi connectivity index (χ3v) is 5.55. The maximum absolute atomic E-state index is 7.76. The number of halogens is 1. The van der Waals surface area contributed by atoms with Crippen molar-refractivity contribution in [2.45, 2.75) is 25.7 Å². The normalized spacial score (nSPS) is 27.8. The van der Waals surface area contributed by atoms with Gasteiger partial charge in [0.1, 0.15) is 5.84 Å². The standard InChI is InChI=1S/C16H22BrN3/c1-20(9-12-7-10-2-3-11(12)6-10)15-5-4-13(17)8-14(15)16(18)19/h4-5,8,10-12H,2-3,6-7,9H2,1H3,(H3,18,19). The van der Waals surface area contributed by atoms with Gasteiger partial charge in [0.25, 0.3) is 0 Å². The van der Waals surface area contributed by atoms with Gasteiger partial charge in [-0.05, 0) is 55.2 Å². The fraction of sp³-hybridized carbons (Fsp3) is 0.562. The Morgan fingerprint density at radius 3 is 2.80 bits per heavy atom. The Bertz CT molecular complexity index is 528. The number of nitrogens with one attached hydrogen (secondary N) is 1. The van der Waals surface area contributed by atoms with Crippen molar-refractivity contribution in [3.05, 3.63) is 28.2 Å². The number of hydrogen-bond donors (Lipinski definition) is 2. The summed E-state index contributed by atoms with van der Waals surface area (Å²) in [6.07, 6.45) is 5.70. The van der Waals surface area contributed by atoms with Crippen LogP contribution >= 0.6 is 15.9 Å². The van der Waals surface area contributed by atoms with Crippen LogP contribution in [0.2, 0.25) is 0 Å². The van der Waals surface area contributed by atoms with Crippen LogP contribution in [-0.4, -0.2) is 19.4 Å². The molecule has 1 aromatic carbocycles. The van der Waals surface area contributed by atoms with Gasteiger partial charge in [0.05, 0.1) is 0 Å². The highest BCUT2D eigenvalue weighted by molar-refractivity contribution is 9.10. The molecule has 3 atom stereocenters. The molecule has 3 nitrogen and oxygen atoms in total. The number of benzene rings is 1. The lowest BCUT2D eigenvalue weighted by Gasteiger charge is -2.29. The van der Waals surface area contributed by atoms with E-state index in [0.29, 0.717) is 0 Å². The molecule has 0 saturated heterocycles. The molecule has 2 bridgehead atoms. The molecule has 0 radical (unpaired) electrons. The Kier molecular flexibility index (Phi) is 3.76. The number of hydrogen-bond acceptors (Lipinski definition) is 2. The van der Waals surface area contributed by atoms with Gasteiger partial charge in [0.2, 0.25) is 0 Å². The molecule has 0 heterocycles. The first-order valence-corrected chi connectivity index (χ1v) is 8.19. The molecule has 0 aromatic heterocycles. The first-order valence-electron chi connectivity index (χ1n) is 7.39. The molecule has 4 heteroatoms. The number of rotatable bonds is 4. The first kappa shape index (κ1) is 13.9. The van der Waals surface area contributed by atoms with E-state index in [9.17, 15) is 0 Å². The van der Waals surface area contributed by atoms with Crippen LogP contribution in [0.3, 0.4) is 0 Å². The van der Waals surface area contributed by atoms with Crippen LogP contribution in [0.5, 0.6) is 0 Å². The summed E-state index contributed by atoms with van der Waals surface area (Å²) in [6, 6.07) is 6.03. The second-order valence-electron chi connectivity index (χ2n) is 6.39. The molecule has 2 fully saturated rings. The Morgan fingerprint density at radius 2 is 2.20 bits per heavy atom. The van der Waals surface area contributed by atoms with E-state index in [-0.39, 0.29) is 5.84 Å². The molecular formula is C16H22BrN3. The van der Waals surface area contributed by atoms with Crippen molar-refractivity contribution >= 4 is 27.5 Å². The minimum atomic E-state index is 0.140. The number of anilines is 1. The van der Waals surface area contributed by atoms with Crippen molar-refractivity contribution < 1.29 is 0 Å². The molecule has 0 amide bonds. The van der Waals surface area contributed by atoms with E-state index in [1.807, 2.05) is 12.1 Å². The van der Waals surface area contributed by atoms with Gasteiger partial charge >= 0.3 is 0 Å². The van der Waals surface area contributed by atoms with Gasteiger partial charge in [0, 0.05) is 29.3 Å². The lowest BCUT2D eigenvalue weighted by molar-refractivity contribution is 0.337. The lowest BCUT2D eigenvalue weighted by atomic mass is 9.88.